The van der Waals surface area contributed by atoms with Crippen LogP contribution < -0.4 is 0 Å². The lowest BCUT2D eigenvalue weighted by Gasteiger charge is -2.19. The number of carbonyl (C=O) groups excluding carboxylic acids is 1. The van der Waals surface area contributed by atoms with Gasteiger partial charge in [0.2, 0.25) is 0 Å². The maximum Gasteiger partial charge on any atom is 0.419 e. The number of aryl methyl sites for hydroxylation is 1. The molecule has 158 valence electrons. The highest BCUT2D eigenvalue weighted by molar-refractivity contribution is 5.71. The molecule has 0 aliphatic heterocycles. The summed E-state index contributed by atoms with van der Waals surface area (Å²) in [4.78, 5) is 17.1. The fraction of sp³-hybridized carbons (Fsp3) is 0.385. The fourth-order valence-corrected chi connectivity index (χ4v) is 3.67. The zero-order valence-electron chi connectivity index (χ0n) is 18.9. The van der Waals surface area contributed by atoms with Gasteiger partial charge in [0.1, 0.15) is 5.82 Å². The summed E-state index contributed by atoms with van der Waals surface area (Å²) in [7, 11) is 0. The summed E-state index contributed by atoms with van der Waals surface area (Å²) in [5, 5.41) is 0. The van der Waals surface area contributed by atoms with Crippen LogP contribution in [0.4, 0.5) is 4.79 Å². The van der Waals surface area contributed by atoms with Gasteiger partial charge in [-0.1, -0.05) is 70.2 Å². The predicted molar refractivity (Wildman–Crippen MR) is 121 cm³/mol. The molecule has 0 aliphatic carbocycles. The second-order valence-electron chi connectivity index (χ2n) is 8.98. The average molecular weight is 405 g/mol. The van der Waals surface area contributed by atoms with Crippen LogP contribution in [0.1, 0.15) is 67.3 Å². The van der Waals surface area contributed by atoms with Gasteiger partial charge in [-0.15, -0.1) is 0 Å². The van der Waals surface area contributed by atoms with E-state index in [0.717, 1.165) is 5.56 Å². The average Bonchev–Trinajstić information content (AvgIpc) is 3.19. The standard InChI is InChI=1S/C26H32N2O2/c1-18-8-7-9-23(19(18)2)20(3)24-27-15-16-28(24)25(29)30-17-14-21-10-12-22(13-11-21)26(4,5)6/h7-13,15-16,20H,14,17H2,1-6H3/t20-/m0/s1. The number of hydrogen-bond donors (Lipinski definition) is 0. The molecule has 0 amide bonds. The first-order valence-corrected chi connectivity index (χ1v) is 10.5. The number of carbonyl (C=O) groups is 1. The van der Waals surface area contributed by atoms with Crippen LogP contribution in [-0.4, -0.2) is 22.3 Å². The Hall–Kier alpha value is -2.88. The van der Waals surface area contributed by atoms with Crippen LogP contribution in [0, 0.1) is 13.8 Å². The van der Waals surface area contributed by atoms with Crippen molar-refractivity contribution in [3.63, 3.8) is 0 Å². The van der Waals surface area contributed by atoms with Gasteiger partial charge in [-0.3, -0.25) is 0 Å². The molecule has 4 heteroatoms. The molecule has 3 rings (SSSR count). The normalized spacial score (nSPS) is 12.6. The van der Waals surface area contributed by atoms with Gasteiger partial charge in [-0.25, -0.2) is 14.3 Å². The molecule has 0 radical (unpaired) electrons. The maximum absolute atomic E-state index is 12.7. The monoisotopic (exact) mass is 404 g/mol. The van der Waals surface area contributed by atoms with Crippen molar-refractivity contribution in [1.29, 1.82) is 0 Å². The fourth-order valence-electron chi connectivity index (χ4n) is 3.67. The van der Waals surface area contributed by atoms with Crippen molar-refractivity contribution < 1.29 is 9.53 Å². The molecule has 2 aromatic carbocycles. The van der Waals surface area contributed by atoms with Gasteiger partial charge in [-0.05, 0) is 47.1 Å². The number of ether oxygens (including phenoxy) is 1. The summed E-state index contributed by atoms with van der Waals surface area (Å²) in [6, 6.07) is 14.8. The van der Waals surface area contributed by atoms with Gasteiger partial charge in [-0.2, -0.15) is 0 Å². The molecule has 4 nitrogen and oxygen atoms in total. The van der Waals surface area contributed by atoms with E-state index in [1.807, 2.05) is 6.07 Å². The van der Waals surface area contributed by atoms with Crippen molar-refractivity contribution in [2.24, 2.45) is 0 Å². The van der Waals surface area contributed by atoms with E-state index in [4.69, 9.17) is 4.74 Å². The van der Waals surface area contributed by atoms with Crippen molar-refractivity contribution in [3.05, 3.63) is 88.5 Å². The largest absolute Gasteiger partial charge is 0.449 e. The molecule has 0 saturated heterocycles. The molecule has 0 spiro atoms. The van der Waals surface area contributed by atoms with Gasteiger partial charge < -0.3 is 4.74 Å². The number of hydrogen-bond acceptors (Lipinski definition) is 3. The molecule has 0 saturated carbocycles. The van der Waals surface area contributed by atoms with E-state index in [-0.39, 0.29) is 17.4 Å². The van der Waals surface area contributed by atoms with E-state index in [1.165, 1.54) is 26.8 Å². The minimum absolute atomic E-state index is 0.00241. The van der Waals surface area contributed by atoms with Crippen LogP contribution in [0.5, 0.6) is 0 Å². The highest BCUT2D eigenvalue weighted by atomic mass is 16.5. The third-order valence-electron chi connectivity index (χ3n) is 5.80. The van der Waals surface area contributed by atoms with Crippen LogP contribution >= 0.6 is 0 Å². The molecule has 0 N–H and O–H groups in total. The summed E-state index contributed by atoms with van der Waals surface area (Å²) < 4.78 is 7.08. The molecule has 3 aromatic rings. The number of benzene rings is 2. The Kier molecular flexibility index (Phi) is 6.45. The highest BCUT2D eigenvalue weighted by Crippen LogP contribution is 2.27. The Morgan fingerprint density at radius 1 is 1.10 bits per heavy atom. The van der Waals surface area contributed by atoms with E-state index in [0.29, 0.717) is 18.9 Å². The first-order valence-electron chi connectivity index (χ1n) is 10.5. The van der Waals surface area contributed by atoms with Crippen molar-refractivity contribution >= 4 is 6.09 Å². The summed E-state index contributed by atoms with van der Waals surface area (Å²) in [6.07, 6.45) is 3.64. The van der Waals surface area contributed by atoms with Crippen LogP contribution in [0.2, 0.25) is 0 Å². The van der Waals surface area contributed by atoms with Crippen molar-refractivity contribution in [3.8, 4) is 0 Å². The molecule has 0 fully saturated rings. The van der Waals surface area contributed by atoms with Crippen molar-refractivity contribution in [2.45, 2.75) is 59.3 Å². The lowest BCUT2D eigenvalue weighted by molar-refractivity contribution is 0.148. The Balaban J connectivity index is 1.65. The van der Waals surface area contributed by atoms with E-state index < -0.39 is 0 Å². The molecular formula is C26H32N2O2. The maximum atomic E-state index is 12.7. The van der Waals surface area contributed by atoms with Gasteiger partial charge in [0.15, 0.2) is 0 Å². The third-order valence-corrected chi connectivity index (χ3v) is 5.80. The minimum Gasteiger partial charge on any atom is -0.449 e. The number of rotatable bonds is 5. The highest BCUT2D eigenvalue weighted by Gasteiger charge is 2.20. The zero-order valence-corrected chi connectivity index (χ0v) is 18.9. The molecule has 1 heterocycles. The molecular weight excluding hydrogens is 372 g/mol. The lowest BCUT2D eigenvalue weighted by Crippen LogP contribution is -2.19. The molecule has 30 heavy (non-hydrogen) atoms. The van der Waals surface area contributed by atoms with E-state index >= 15 is 0 Å². The second kappa shape index (κ2) is 8.86. The third kappa shape index (κ3) is 4.81. The number of imidazole rings is 1. The summed E-state index contributed by atoms with van der Waals surface area (Å²) in [5.74, 6) is 0.695. The zero-order chi connectivity index (χ0) is 21.9. The molecule has 0 unspecified atom stereocenters. The van der Waals surface area contributed by atoms with Crippen molar-refractivity contribution in [2.75, 3.05) is 6.61 Å². The summed E-state index contributed by atoms with van der Waals surface area (Å²) in [5.41, 5.74) is 6.23. The quantitative estimate of drug-likeness (QED) is 0.510. The summed E-state index contributed by atoms with van der Waals surface area (Å²) in [6.45, 7) is 13.2. The van der Waals surface area contributed by atoms with Crippen molar-refractivity contribution in [1.82, 2.24) is 9.55 Å². The van der Waals surface area contributed by atoms with Gasteiger partial charge in [0, 0.05) is 24.7 Å². The Labute approximate surface area is 179 Å². The summed E-state index contributed by atoms with van der Waals surface area (Å²) >= 11 is 0. The Morgan fingerprint density at radius 3 is 2.47 bits per heavy atom. The smallest absolute Gasteiger partial charge is 0.419 e. The molecule has 1 atom stereocenters. The van der Waals surface area contributed by atoms with E-state index in [9.17, 15) is 4.79 Å². The Morgan fingerprint density at radius 2 is 1.80 bits per heavy atom. The van der Waals surface area contributed by atoms with E-state index in [1.54, 1.807) is 12.4 Å². The minimum atomic E-state index is -0.383. The number of aromatic nitrogens is 2. The topological polar surface area (TPSA) is 44.1 Å². The van der Waals surface area contributed by atoms with Crippen LogP contribution in [0.25, 0.3) is 0 Å². The predicted octanol–water partition coefficient (Wildman–Crippen LogP) is 6.18. The van der Waals surface area contributed by atoms with Crippen LogP contribution in [0.3, 0.4) is 0 Å². The molecule has 0 aliphatic rings. The molecule has 0 bridgehead atoms. The first kappa shape index (κ1) is 21.8. The van der Waals surface area contributed by atoms with E-state index in [2.05, 4.69) is 82.9 Å². The van der Waals surface area contributed by atoms with Gasteiger partial charge in [0.25, 0.3) is 0 Å². The molecule has 1 aromatic heterocycles. The van der Waals surface area contributed by atoms with Gasteiger partial charge >= 0.3 is 6.09 Å². The van der Waals surface area contributed by atoms with Crippen LogP contribution in [-0.2, 0) is 16.6 Å². The SMILES string of the molecule is Cc1cccc([C@H](C)c2nccn2C(=O)OCCc2ccc(C(C)(C)C)cc2)c1C. The first-order chi connectivity index (χ1) is 14.2. The Bertz CT molecular complexity index is 1010. The number of nitrogens with zero attached hydrogens (tertiary/aromatic N) is 2. The van der Waals surface area contributed by atoms with Gasteiger partial charge in [0.05, 0.1) is 6.61 Å². The second-order valence-corrected chi connectivity index (χ2v) is 8.98. The lowest BCUT2D eigenvalue weighted by atomic mass is 9.86. The van der Waals surface area contributed by atoms with Crippen LogP contribution in [0.15, 0.2) is 54.9 Å².